The molecule has 122 valence electrons. The Balaban J connectivity index is 1.61. The Morgan fingerprint density at radius 3 is 2.67 bits per heavy atom. The molecular formula is C18H17N3O3. The molecule has 0 fully saturated rings. The largest absolute Gasteiger partial charge is 0.481 e. The van der Waals surface area contributed by atoms with Gasteiger partial charge in [0.2, 0.25) is 12.3 Å². The topological polar surface area (TPSA) is 77.2 Å². The summed E-state index contributed by atoms with van der Waals surface area (Å²) >= 11 is 0. The Hall–Kier alpha value is -3.15. The average Bonchev–Trinajstić information content (AvgIpc) is 3.10. The van der Waals surface area contributed by atoms with Gasteiger partial charge in [0.1, 0.15) is 5.75 Å². The van der Waals surface area contributed by atoms with Gasteiger partial charge in [-0.25, -0.2) is 0 Å². The van der Waals surface area contributed by atoms with Crippen molar-refractivity contribution >= 4 is 11.6 Å². The molecule has 1 aromatic heterocycles. The number of carbonyl (C=O) groups excluding carboxylic acids is 1. The highest BCUT2D eigenvalue weighted by Crippen LogP contribution is 2.21. The lowest BCUT2D eigenvalue weighted by Gasteiger charge is -2.15. The molecule has 6 nitrogen and oxygen atoms in total. The zero-order valence-corrected chi connectivity index (χ0v) is 13.4. The molecule has 0 radical (unpaired) electrons. The van der Waals surface area contributed by atoms with E-state index in [-0.39, 0.29) is 5.91 Å². The Bertz CT molecular complexity index is 814. The molecule has 1 heterocycles. The molecule has 1 N–H and O–H groups in total. The number of carbonyl (C=O) groups is 1. The molecule has 3 aromatic rings. The van der Waals surface area contributed by atoms with E-state index in [1.165, 1.54) is 6.39 Å². The number of aryl methyl sites for hydroxylation is 1. The number of benzene rings is 2. The van der Waals surface area contributed by atoms with E-state index in [4.69, 9.17) is 9.15 Å². The van der Waals surface area contributed by atoms with Crippen LogP contribution in [0.15, 0.2) is 59.3 Å². The van der Waals surface area contributed by atoms with Crippen LogP contribution < -0.4 is 10.1 Å². The summed E-state index contributed by atoms with van der Waals surface area (Å²) in [4.78, 5) is 12.2. The number of nitrogens with one attached hydrogen (secondary N) is 1. The lowest BCUT2D eigenvalue weighted by molar-refractivity contribution is -0.122. The lowest BCUT2D eigenvalue weighted by Crippen LogP contribution is -2.30. The van der Waals surface area contributed by atoms with Gasteiger partial charge in [-0.15, -0.1) is 10.2 Å². The van der Waals surface area contributed by atoms with E-state index in [0.29, 0.717) is 11.6 Å². The fourth-order valence-corrected chi connectivity index (χ4v) is 2.20. The molecule has 0 saturated heterocycles. The van der Waals surface area contributed by atoms with Crippen LogP contribution in [0.25, 0.3) is 11.5 Å². The van der Waals surface area contributed by atoms with Crippen LogP contribution in [-0.2, 0) is 4.79 Å². The molecule has 0 saturated carbocycles. The van der Waals surface area contributed by atoms with E-state index < -0.39 is 6.10 Å². The number of amides is 1. The van der Waals surface area contributed by atoms with Gasteiger partial charge in [0.15, 0.2) is 6.10 Å². The molecule has 0 aliphatic heterocycles. The third-order valence-electron chi connectivity index (χ3n) is 3.43. The number of aromatic nitrogens is 2. The van der Waals surface area contributed by atoms with Crippen molar-refractivity contribution < 1.29 is 13.9 Å². The molecule has 1 unspecified atom stereocenters. The van der Waals surface area contributed by atoms with E-state index in [9.17, 15) is 4.79 Å². The lowest BCUT2D eigenvalue weighted by atomic mass is 10.2. The first kappa shape index (κ1) is 15.7. The molecule has 0 aliphatic carbocycles. The van der Waals surface area contributed by atoms with Gasteiger partial charge in [-0.2, -0.15) is 0 Å². The van der Waals surface area contributed by atoms with Crippen molar-refractivity contribution in [1.82, 2.24) is 10.2 Å². The quantitative estimate of drug-likeness (QED) is 0.778. The van der Waals surface area contributed by atoms with E-state index >= 15 is 0 Å². The van der Waals surface area contributed by atoms with Gasteiger partial charge in [0.05, 0.1) is 0 Å². The van der Waals surface area contributed by atoms with Crippen LogP contribution in [0.2, 0.25) is 0 Å². The summed E-state index contributed by atoms with van der Waals surface area (Å²) in [5.41, 5.74) is 2.62. The minimum absolute atomic E-state index is 0.207. The van der Waals surface area contributed by atoms with Crippen LogP contribution in [0.4, 0.5) is 5.69 Å². The maximum atomic E-state index is 12.2. The summed E-state index contributed by atoms with van der Waals surface area (Å²) in [7, 11) is 0. The van der Waals surface area contributed by atoms with Crippen molar-refractivity contribution in [2.45, 2.75) is 20.0 Å². The molecule has 0 spiro atoms. The van der Waals surface area contributed by atoms with E-state index in [2.05, 4.69) is 15.5 Å². The van der Waals surface area contributed by atoms with Crippen LogP contribution >= 0.6 is 0 Å². The van der Waals surface area contributed by atoms with Crippen LogP contribution in [-0.4, -0.2) is 22.2 Å². The first-order chi connectivity index (χ1) is 11.6. The fraction of sp³-hybridized carbons (Fsp3) is 0.167. The number of anilines is 1. The van der Waals surface area contributed by atoms with Crippen LogP contribution in [0.1, 0.15) is 12.5 Å². The van der Waals surface area contributed by atoms with Crippen molar-refractivity contribution in [2.24, 2.45) is 0 Å². The summed E-state index contributed by atoms with van der Waals surface area (Å²) in [5.74, 6) is 0.818. The Morgan fingerprint density at radius 1 is 1.21 bits per heavy atom. The van der Waals surface area contributed by atoms with Crippen LogP contribution in [0, 0.1) is 6.92 Å². The molecule has 24 heavy (non-hydrogen) atoms. The summed E-state index contributed by atoms with van der Waals surface area (Å²) in [6.07, 6.45) is 0.650. The number of hydrogen-bond acceptors (Lipinski definition) is 5. The second kappa shape index (κ2) is 6.95. The third kappa shape index (κ3) is 3.78. The summed E-state index contributed by atoms with van der Waals surface area (Å²) in [6, 6.07) is 14.7. The van der Waals surface area contributed by atoms with Crippen LogP contribution in [0.5, 0.6) is 5.75 Å². The van der Waals surface area contributed by atoms with E-state index in [0.717, 1.165) is 16.8 Å². The highest BCUT2D eigenvalue weighted by Gasteiger charge is 2.15. The van der Waals surface area contributed by atoms with Crippen molar-refractivity contribution in [3.05, 3.63) is 60.5 Å². The zero-order chi connectivity index (χ0) is 16.9. The predicted octanol–water partition coefficient (Wildman–Crippen LogP) is 3.45. The van der Waals surface area contributed by atoms with E-state index in [1.807, 2.05) is 31.2 Å². The normalized spacial score (nSPS) is 11.8. The highest BCUT2D eigenvalue weighted by atomic mass is 16.5. The van der Waals surface area contributed by atoms with E-state index in [1.54, 1.807) is 31.2 Å². The first-order valence-corrected chi connectivity index (χ1v) is 7.52. The SMILES string of the molecule is Cc1cccc(NC(=O)C(C)Oc2ccc(-c3nnco3)cc2)c1. The second-order valence-corrected chi connectivity index (χ2v) is 5.39. The Labute approximate surface area is 139 Å². The first-order valence-electron chi connectivity index (χ1n) is 7.52. The predicted molar refractivity (Wildman–Crippen MR) is 89.6 cm³/mol. The number of hydrogen-bond donors (Lipinski definition) is 1. The molecule has 0 aliphatic rings. The number of nitrogens with zero attached hydrogens (tertiary/aromatic N) is 2. The monoisotopic (exact) mass is 323 g/mol. The number of ether oxygens (including phenoxy) is 1. The average molecular weight is 323 g/mol. The van der Waals surface area contributed by atoms with Gasteiger partial charge in [-0.1, -0.05) is 12.1 Å². The van der Waals surface area contributed by atoms with Crippen molar-refractivity contribution in [2.75, 3.05) is 5.32 Å². The highest BCUT2D eigenvalue weighted by molar-refractivity contribution is 5.94. The van der Waals surface area contributed by atoms with Crippen molar-refractivity contribution in [3.63, 3.8) is 0 Å². The maximum Gasteiger partial charge on any atom is 0.265 e. The van der Waals surface area contributed by atoms with Crippen molar-refractivity contribution in [3.8, 4) is 17.2 Å². The third-order valence-corrected chi connectivity index (χ3v) is 3.43. The van der Waals surface area contributed by atoms with Gasteiger partial charge in [0.25, 0.3) is 5.91 Å². The number of rotatable bonds is 5. The minimum atomic E-state index is -0.625. The maximum absolute atomic E-state index is 12.2. The molecule has 2 aromatic carbocycles. The van der Waals surface area contributed by atoms with Crippen LogP contribution in [0.3, 0.4) is 0 Å². The fourth-order valence-electron chi connectivity index (χ4n) is 2.20. The minimum Gasteiger partial charge on any atom is -0.481 e. The van der Waals surface area contributed by atoms with Gasteiger partial charge in [-0.05, 0) is 55.8 Å². The van der Waals surface area contributed by atoms with Crippen molar-refractivity contribution in [1.29, 1.82) is 0 Å². The second-order valence-electron chi connectivity index (χ2n) is 5.39. The summed E-state index contributed by atoms with van der Waals surface area (Å²) < 4.78 is 10.8. The molecule has 1 atom stereocenters. The summed E-state index contributed by atoms with van der Waals surface area (Å²) in [6.45, 7) is 3.68. The molecular weight excluding hydrogens is 306 g/mol. The van der Waals surface area contributed by atoms with Gasteiger partial charge in [0, 0.05) is 11.3 Å². The Kier molecular flexibility index (Phi) is 4.56. The molecule has 3 rings (SSSR count). The van der Waals surface area contributed by atoms with Gasteiger partial charge >= 0.3 is 0 Å². The summed E-state index contributed by atoms with van der Waals surface area (Å²) in [5, 5.41) is 10.3. The Morgan fingerprint density at radius 2 is 2.00 bits per heavy atom. The standard InChI is InChI=1S/C18H17N3O3/c1-12-4-3-5-15(10-12)20-17(22)13(2)24-16-8-6-14(7-9-16)18-21-19-11-23-18/h3-11,13H,1-2H3,(H,20,22). The molecule has 1 amide bonds. The van der Waals surface area contributed by atoms with Gasteiger partial charge in [-0.3, -0.25) is 4.79 Å². The smallest absolute Gasteiger partial charge is 0.265 e. The zero-order valence-electron chi connectivity index (χ0n) is 13.4. The molecule has 0 bridgehead atoms. The molecule has 6 heteroatoms. The van der Waals surface area contributed by atoms with Gasteiger partial charge < -0.3 is 14.5 Å².